The van der Waals surface area contributed by atoms with Crippen molar-refractivity contribution in [2.75, 3.05) is 5.32 Å². The second kappa shape index (κ2) is 6.18. The van der Waals surface area contributed by atoms with Gasteiger partial charge in [-0.3, -0.25) is 4.79 Å². The Morgan fingerprint density at radius 1 is 1.35 bits per heavy atom. The Bertz CT molecular complexity index is 637. The highest BCUT2D eigenvalue weighted by atomic mass is 16.5. The molecule has 2 aromatic rings. The van der Waals surface area contributed by atoms with Crippen LogP contribution in [0.5, 0.6) is 5.88 Å². The number of hydrogen-bond donors (Lipinski definition) is 1. The first-order valence-corrected chi connectivity index (χ1v) is 6.44. The fourth-order valence-corrected chi connectivity index (χ4v) is 1.69. The van der Waals surface area contributed by atoms with Crippen LogP contribution >= 0.6 is 0 Å². The predicted octanol–water partition coefficient (Wildman–Crippen LogP) is 1.57. The molecule has 0 saturated carbocycles. The second-order valence-electron chi connectivity index (χ2n) is 4.68. The highest BCUT2D eigenvalue weighted by Gasteiger charge is 2.08. The van der Waals surface area contributed by atoms with E-state index in [-0.39, 0.29) is 11.7 Å². The van der Waals surface area contributed by atoms with E-state index in [1.165, 1.54) is 4.57 Å². The van der Waals surface area contributed by atoms with Crippen LogP contribution in [0.25, 0.3) is 0 Å². The van der Waals surface area contributed by atoms with Crippen LogP contribution in [-0.2, 0) is 13.6 Å². The standard InChI is InChI=1S/C14H18N4O2/c1-10(2)20-13-11(5-4-6-16-13)9-17-12-14(19)18(3)8-7-15-12/h4-8,10H,9H2,1-3H3,(H,15,17). The molecule has 2 heterocycles. The lowest BCUT2D eigenvalue weighted by atomic mass is 10.2. The Kier molecular flexibility index (Phi) is 4.34. The third kappa shape index (κ3) is 3.34. The van der Waals surface area contributed by atoms with Crippen LogP contribution in [0.3, 0.4) is 0 Å². The number of ether oxygens (including phenoxy) is 1. The van der Waals surface area contributed by atoms with Crippen LogP contribution < -0.4 is 15.6 Å². The molecule has 6 nitrogen and oxygen atoms in total. The van der Waals surface area contributed by atoms with Gasteiger partial charge in [-0.2, -0.15) is 0 Å². The lowest BCUT2D eigenvalue weighted by Crippen LogP contribution is -2.22. The van der Waals surface area contributed by atoms with Gasteiger partial charge in [0.05, 0.1) is 6.10 Å². The van der Waals surface area contributed by atoms with Crippen molar-refractivity contribution in [3.05, 3.63) is 46.6 Å². The highest BCUT2D eigenvalue weighted by molar-refractivity contribution is 5.35. The first kappa shape index (κ1) is 14.0. The lowest BCUT2D eigenvalue weighted by molar-refractivity contribution is 0.230. The van der Waals surface area contributed by atoms with E-state index in [4.69, 9.17) is 4.74 Å². The minimum absolute atomic E-state index is 0.0476. The van der Waals surface area contributed by atoms with Crippen LogP contribution in [0.4, 0.5) is 5.82 Å². The van der Waals surface area contributed by atoms with E-state index in [1.54, 1.807) is 25.6 Å². The average Bonchev–Trinajstić information content (AvgIpc) is 2.41. The normalized spacial score (nSPS) is 10.6. The fourth-order valence-electron chi connectivity index (χ4n) is 1.69. The summed E-state index contributed by atoms with van der Waals surface area (Å²) in [6.07, 6.45) is 4.93. The number of nitrogens with zero attached hydrogens (tertiary/aromatic N) is 3. The van der Waals surface area contributed by atoms with Gasteiger partial charge in [0.1, 0.15) is 0 Å². The zero-order valence-corrected chi connectivity index (χ0v) is 11.8. The number of aryl methyl sites for hydroxylation is 1. The van der Waals surface area contributed by atoms with Gasteiger partial charge in [-0.1, -0.05) is 6.07 Å². The zero-order valence-electron chi connectivity index (χ0n) is 11.8. The third-order valence-electron chi connectivity index (χ3n) is 2.66. The van der Waals surface area contributed by atoms with E-state index in [2.05, 4.69) is 15.3 Å². The summed E-state index contributed by atoms with van der Waals surface area (Å²) < 4.78 is 7.11. The molecular formula is C14H18N4O2. The number of aromatic nitrogens is 3. The van der Waals surface area contributed by atoms with E-state index in [0.717, 1.165) is 5.56 Å². The Morgan fingerprint density at radius 3 is 2.90 bits per heavy atom. The Balaban J connectivity index is 2.15. The monoisotopic (exact) mass is 274 g/mol. The molecule has 6 heteroatoms. The van der Waals surface area contributed by atoms with E-state index in [1.807, 2.05) is 26.0 Å². The molecule has 2 aromatic heterocycles. The summed E-state index contributed by atoms with van der Waals surface area (Å²) in [6, 6.07) is 3.74. The fraction of sp³-hybridized carbons (Fsp3) is 0.357. The minimum Gasteiger partial charge on any atom is -0.475 e. The average molecular weight is 274 g/mol. The smallest absolute Gasteiger partial charge is 0.293 e. The zero-order chi connectivity index (χ0) is 14.5. The summed E-state index contributed by atoms with van der Waals surface area (Å²) in [4.78, 5) is 20.1. The van der Waals surface area contributed by atoms with Crippen molar-refractivity contribution in [1.29, 1.82) is 0 Å². The summed E-state index contributed by atoms with van der Waals surface area (Å²) in [5, 5.41) is 3.02. The topological polar surface area (TPSA) is 69.0 Å². The maximum Gasteiger partial charge on any atom is 0.293 e. The molecule has 0 amide bonds. The quantitative estimate of drug-likeness (QED) is 0.896. The molecule has 0 aliphatic rings. The molecule has 0 spiro atoms. The van der Waals surface area contributed by atoms with E-state index >= 15 is 0 Å². The molecule has 20 heavy (non-hydrogen) atoms. The van der Waals surface area contributed by atoms with Gasteiger partial charge in [-0.05, 0) is 19.9 Å². The largest absolute Gasteiger partial charge is 0.475 e. The van der Waals surface area contributed by atoms with Gasteiger partial charge in [0.15, 0.2) is 5.82 Å². The van der Waals surface area contributed by atoms with Crippen LogP contribution in [0.2, 0.25) is 0 Å². The van der Waals surface area contributed by atoms with Crippen molar-refractivity contribution in [2.24, 2.45) is 7.05 Å². The number of hydrogen-bond acceptors (Lipinski definition) is 5. The second-order valence-corrected chi connectivity index (χ2v) is 4.68. The highest BCUT2D eigenvalue weighted by Crippen LogP contribution is 2.16. The third-order valence-corrected chi connectivity index (χ3v) is 2.66. The van der Waals surface area contributed by atoms with Gasteiger partial charge in [-0.25, -0.2) is 9.97 Å². The summed E-state index contributed by atoms with van der Waals surface area (Å²) in [6.45, 7) is 4.32. The van der Waals surface area contributed by atoms with Crippen molar-refractivity contribution in [3.63, 3.8) is 0 Å². The van der Waals surface area contributed by atoms with Crippen LogP contribution in [0.1, 0.15) is 19.4 Å². The van der Waals surface area contributed by atoms with Crippen molar-refractivity contribution in [3.8, 4) is 5.88 Å². The van der Waals surface area contributed by atoms with Gasteiger partial charge in [-0.15, -0.1) is 0 Å². The molecule has 0 aliphatic heterocycles. The molecule has 0 radical (unpaired) electrons. The van der Waals surface area contributed by atoms with Gasteiger partial charge in [0, 0.05) is 37.7 Å². The summed E-state index contributed by atoms with van der Waals surface area (Å²) in [5.41, 5.74) is 0.719. The Morgan fingerprint density at radius 2 is 2.15 bits per heavy atom. The van der Waals surface area contributed by atoms with E-state index < -0.39 is 0 Å². The Hall–Kier alpha value is -2.37. The van der Waals surface area contributed by atoms with Crippen molar-refractivity contribution in [1.82, 2.24) is 14.5 Å². The predicted molar refractivity (Wildman–Crippen MR) is 76.8 cm³/mol. The maximum atomic E-state index is 11.8. The van der Waals surface area contributed by atoms with E-state index in [0.29, 0.717) is 18.2 Å². The van der Waals surface area contributed by atoms with Gasteiger partial charge in [0.2, 0.25) is 5.88 Å². The molecule has 1 N–H and O–H groups in total. The van der Waals surface area contributed by atoms with E-state index in [9.17, 15) is 4.79 Å². The van der Waals surface area contributed by atoms with Gasteiger partial charge < -0.3 is 14.6 Å². The number of nitrogens with one attached hydrogen (secondary N) is 1. The molecule has 0 saturated heterocycles. The van der Waals surface area contributed by atoms with Crippen molar-refractivity contribution in [2.45, 2.75) is 26.5 Å². The van der Waals surface area contributed by atoms with Crippen molar-refractivity contribution < 1.29 is 4.74 Å². The van der Waals surface area contributed by atoms with Gasteiger partial charge in [0.25, 0.3) is 5.56 Å². The molecule has 0 aromatic carbocycles. The maximum absolute atomic E-state index is 11.8. The molecule has 0 atom stereocenters. The van der Waals surface area contributed by atoms with Crippen LogP contribution in [0, 0.1) is 0 Å². The molecule has 0 unspecified atom stereocenters. The van der Waals surface area contributed by atoms with Crippen LogP contribution in [-0.4, -0.2) is 20.6 Å². The Labute approximate surface area is 117 Å². The first-order chi connectivity index (χ1) is 9.58. The number of anilines is 1. The van der Waals surface area contributed by atoms with Gasteiger partial charge >= 0.3 is 0 Å². The molecule has 0 fully saturated rings. The molecular weight excluding hydrogens is 256 g/mol. The number of pyridine rings is 1. The first-order valence-electron chi connectivity index (χ1n) is 6.44. The minimum atomic E-state index is -0.164. The molecule has 2 rings (SSSR count). The summed E-state index contributed by atoms with van der Waals surface area (Å²) >= 11 is 0. The lowest BCUT2D eigenvalue weighted by Gasteiger charge is -2.13. The molecule has 106 valence electrons. The molecule has 0 aliphatic carbocycles. The number of rotatable bonds is 5. The SMILES string of the molecule is CC(C)Oc1ncccc1CNc1nccn(C)c1=O. The van der Waals surface area contributed by atoms with Crippen LogP contribution in [0.15, 0.2) is 35.5 Å². The van der Waals surface area contributed by atoms with Crippen molar-refractivity contribution >= 4 is 5.82 Å². The molecule has 0 bridgehead atoms. The summed E-state index contributed by atoms with van der Waals surface area (Å²) in [7, 11) is 1.69. The summed E-state index contributed by atoms with van der Waals surface area (Å²) in [5.74, 6) is 0.886.